The van der Waals surface area contributed by atoms with Crippen LogP contribution in [0.25, 0.3) is 0 Å². The number of ether oxygens (including phenoxy) is 1. The number of nitrogens with two attached hydrogens (primary N) is 1. The van der Waals surface area contributed by atoms with E-state index in [-0.39, 0.29) is 10.6 Å². The van der Waals surface area contributed by atoms with Gasteiger partial charge in [0.1, 0.15) is 0 Å². The van der Waals surface area contributed by atoms with Crippen LogP contribution in [0.4, 0.5) is 5.69 Å². The molecule has 30 heavy (non-hydrogen) atoms. The van der Waals surface area contributed by atoms with Crippen LogP contribution < -0.4 is 10.5 Å². The van der Waals surface area contributed by atoms with Gasteiger partial charge in [-0.2, -0.15) is 4.31 Å². The third-order valence-electron chi connectivity index (χ3n) is 4.22. The van der Waals surface area contributed by atoms with Crippen molar-refractivity contribution in [2.45, 2.75) is 22.8 Å². The monoisotopic (exact) mass is 457 g/mol. The minimum Gasteiger partial charge on any atom is -0.450 e. The fraction of sp³-hybridized carbons (Fsp3) is 0.294. The average molecular weight is 457 g/mol. The van der Waals surface area contributed by atoms with Gasteiger partial charge in [-0.15, -0.1) is 0 Å². The minimum atomic E-state index is -4.12. The van der Waals surface area contributed by atoms with E-state index in [1.165, 1.54) is 28.6 Å². The molecule has 0 spiro atoms. The number of nitrogens with one attached hydrogen (secondary N) is 1. The number of anilines is 1. The van der Waals surface area contributed by atoms with Crippen LogP contribution in [0, 0.1) is 0 Å². The molecule has 1 fully saturated rings. The quantitative estimate of drug-likeness (QED) is 0.567. The molecule has 2 aromatic rings. The zero-order valence-electron chi connectivity index (χ0n) is 15.6. The number of hydrogen-bond donors (Lipinski definition) is 2. The normalized spacial score (nSPS) is 15.1. The van der Waals surface area contributed by atoms with Crippen LogP contribution in [0.3, 0.4) is 0 Å². The van der Waals surface area contributed by atoms with Crippen LogP contribution in [0.15, 0.2) is 50.8 Å². The van der Waals surface area contributed by atoms with Gasteiger partial charge in [-0.3, -0.25) is 4.79 Å². The van der Waals surface area contributed by atoms with Gasteiger partial charge in [-0.1, -0.05) is 6.07 Å². The zero-order chi connectivity index (χ0) is 21.9. The van der Waals surface area contributed by atoms with E-state index >= 15 is 0 Å². The Morgan fingerprint density at radius 1 is 1.10 bits per heavy atom. The molecule has 2 heterocycles. The predicted octanol–water partition coefficient (Wildman–Crippen LogP) is 0.507. The number of sulfonamides is 2. The summed E-state index contributed by atoms with van der Waals surface area (Å²) >= 11 is 0. The van der Waals surface area contributed by atoms with Gasteiger partial charge >= 0.3 is 5.97 Å². The van der Waals surface area contributed by atoms with Gasteiger partial charge in [-0.25, -0.2) is 26.8 Å². The van der Waals surface area contributed by atoms with E-state index in [1.807, 2.05) is 0 Å². The molecule has 0 aliphatic carbocycles. The molecule has 0 atom stereocenters. The molecule has 13 heteroatoms. The van der Waals surface area contributed by atoms with E-state index in [2.05, 4.69) is 5.32 Å². The van der Waals surface area contributed by atoms with Gasteiger partial charge in [0.05, 0.1) is 4.90 Å². The van der Waals surface area contributed by atoms with E-state index in [0.29, 0.717) is 13.1 Å². The Kier molecular flexibility index (Phi) is 6.26. The summed E-state index contributed by atoms with van der Waals surface area (Å²) in [4.78, 5) is 23.9. The van der Waals surface area contributed by atoms with E-state index in [4.69, 9.17) is 14.3 Å². The van der Waals surface area contributed by atoms with E-state index in [1.54, 1.807) is 0 Å². The van der Waals surface area contributed by atoms with Crippen LogP contribution in [0.1, 0.15) is 23.4 Å². The van der Waals surface area contributed by atoms with E-state index in [0.717, 1.165) is 25.0 Å². The molecular weight excluding hydrogens is 438 g/mol. The highest BCUT2D eigenvalue weighted by Crippen LogP contribution is 2.23. The summed E-state index contributed by atoms with van der Waals surface area (Å²) in [6.07, 6.45) is 1.60. The molecular formula is C17H19N3O8S2. The molecule has 1 aliphatic rings. The Morgan fingerprint density at radius 2 is 1.80 bits per heavy atom. The van der Waals surface area contributed by atoms with Crippen LogP contribution >= 0.6 is 0 Å². The van der Waals surface area contributed by atoms with Crippen molar-refractivity contribution in [2.24, 2.45) is 5.14 Å². The fourth-order valence-corrected chi connectivity index (χ4v) is 4.82. The molecule has 0 radical (unpaired) electrons. The molecule has 0 bridgehead atoms. The fourth-order valence-electron chi connectivity index (χ4n) is 2.79. The number of hydrogen-bond acceptors (Lipinski definition) is 8. The molecule has 1 aromatic heterocycles. The molecule has 11 nitrogen and oxygen atoms in total. The number of rotatable bonds is 7. The third kappa shape index (κ3) is 5.05. The topological polar surface area (TPSA) is 166 Å². The van der Waals surface area contributed by atoms with Crippen molar-refractivity contribution in [3.05, 3.63) is 42.2 Å². The Bertz CT molecular complexity index is 1170. The highest BCUT2D eigenvalue weighted by atomic mass is 32.2. The van der Waals surface area contributed by atoms with Crippen LogP contribution in [0.2, 0.25) is 0 Å². The highest BCUT2D eigenvalue weighted by Gasteiger charge is 2.27. The third-order valence-corrected chi connectivity index (χ3v) is 6.89. The lowest BCUT2D eigenvalue weighted by atomic mass is 10.3. The lowest BCUT2D eigenvalue weighted by molar-refractivity contribution is -0.119. The number of nitrogens with zero attached hydrogens (tertiary/aromatic N) is 1. The molecule has 0 saturated carbocycles. The Morgan fingerprint density at radius 3 is 2.43 bits per heavy atom. The van der Waals surface area contributed by atoms with Gasteiger partial charge in [0.25, 0.3) is 15.9 Å². The van der Waals surface area contributed by atoms with Gasteiger partial charge in [0.2, 0.25) is 20.9 Å². The summed E-state index contributed by atoms with van der Waals surface area (Å²) in [6, 6.07) is 7.77. The number of carbonyl (C=O) groups excluding carboxylic acids is 2. The van der Waals surface area contributed by atoms with Crippen molar-refractivity contribution in [1.82, 2.24) is 4.31 Å². The van der Waals surface area contributed by atoms with Crippen LogP contribution in [0.5, 0.6) is 0 Å². The van der Waals surface area contributed by atoms with Crippen molar-refractivity contribution in [2.75, 3.05) is 25.0 Å². The summed E-state index contributed by atoms with van der Waals surface area (Å²) in [5.41, 5.74) is 0.214. The molecule has 1 aromatic carbocycles. The maximum absolute atomic E-state index is 12.6. The standard InChI is InChI=1S/C17H19N3O8S2/c18-29(23,24)16-7-6-14(28-16)17(22)27-11-15(21)19-12-4-3-5-13(10-12)30(25,26)20-8-1-2-9-20/h3-7,10H,1-2,8-9,11H2,(H,19,21)(H2,18,23,24). The first-order valence-electron chi connectivity index (χ1n) is 8.77. The maximum atomic E-state index is 12.6. The maximum Gasteiger partial charge on any atom is 0.374 e. The Labute approximate surface area is 172 Å². The lowest BCUT2D eigenvalue weighted by Crippen LogP contribution is -2.28. The second-order valence-corrected chi connectivity index (χ2v) is 9.86. The summed E-state index contributed by atoms with van der Waals surface area (Å²) in [5, 5.41) is 6.70. The Balaban J connectivity index is 1.60. The molecule has 1 saturated heterocycles. The van der Waals surface area contributed by atoms with Gasteiger partial charge in [-0.05, 0) is 43.2 Å². The SMILES string of the molecule is NS(=O)(=O)c1ccc(C(=O)OCC(=O)Nc2cccc(S(=O)(=O)N3CCCC3)c2)o1. The second kappa shape index (κ2) is 8.55. The first-order valence-corrected chi connectivity index (χ1v) is 11.8. The van der Waals surface area contributed by atoms with Gasteiger partial charge < -0.3 is 14.5 Å². The molecule has 3 rings (SSSR count). The lowest BCUT2D eigenvalue weighted by Gasteiger charge is -2.16. The first kappa shape index (κ1) is 22.0. The zero-order valence-corrected chi connectivity index (χ0v) is 17.2. The number of primary sulfonamides is 1. The number of amides is 1. The van der Waals surface area contributed by atoms with Gasteiger partial charge in [0.15, 0.2) is 6.61 Å². The summed E-state index contributed by atoms with van der Waals surface area (Å²) in [7, 11) is -7.76. The molecule has 3 N–H and O–H groups in total. The smallest absolute Gasteiger partial charge is 0.374 e. The van der Waals surface area contributed by atoms with Gasteiger partial charge in [0, 0.05) is 18.8 Å². The second-order valence-electron chi connectivity index (χ2n) is 6.43. The average Bonchev–Trinajstić information content (AvgIpc) is 3.38. The number of benzene rings is 1. The van der Waals surface area contributed by atoms with Crippen molar-refractivity contribution in [3.63, 3.8) is 0 Å². The summed E-state index contributed by atoms with van der Waals surface area (Å²) in [6.45, 7) is 0.205. The highest BCUT2D eigenvalue weighted by molar-refractivity contribution is 7.89. The van der Waals surface area contributed by atoms with E-state index in [9.17, 15) is 26.4 Å². The number of esters is 1. The van der Waals surface area contributed by atoms with Crippen molar-refractivity contribution < 1.29 is 35.6 Å². The largest absolute Gasteiger partial charge is 0.450 e. The summed E-state index contributed by atoms with van der Waals surface area (Å²) in [5.74, 6) is -2.23. The van der Waals surface area contributed by atoms with Crippen molar-refractivity contribution >= 4 is 37.6 Å². The van der Waals surface area contributed by atoms with Crippen molar-refractivity contribution in [3.8, 4) is 0 Å². The molecule has 0 unspecified atom stereocenters. The van der Waals surface area contributed by atoms with Crippen molar-refractivity contribution in [1.29, 1.82) is 0 Å². The number of furan rings is 1. The Hall–Kier alpha value is -2.74. The van der Waals surface area contributed by atoms with Crippen LogP contribution in [-0.2, 0) is 29.6 Å². The van der Waals surface area contributed by atoms with E-state index < -0.39 is 49.4 Å². The predicted molar refractivity (Wildman–Crippen MR) is 103 cm³/mol. The number of carbonyl (C=O) groups is 2. The first-order chi connectivity index (χ1) is 14.1. The molecule has 1 amide bonds. The summed E-state index contributed by atoms with van der Waals surface area (Å²) < 4.78 is 58.4. The van der Waals surface area contributed by atoms with Crippen LogP contribution in [-0.4, -0.2) is 52.7 Å². The molecule has 162 valence electrons. The minimum absolute atomic E-state index is 0.0466. The molecule has 1 aliphatic heterocycles.